The normalized spacial score (nSPS) is 11.3. The van der Waals surface area contributed by atoms with E-state index in [2.05, 4.69) is 204 Å². The molecule has 66 heavy (non-hydrogen) atoms. The number of aryl methyl sites for hydroxylation is 4. The highest BCUT2D eigenvalue weighted by molar-refractivity contribution is 7.20. The average Bonchev–Trinajstić information content (AvgIpc) is 4.05. The number of hydrogen-bond acceptors (Lipinski definition) is 8. The minimum Gasteiger partial charge on any atom is -0.302 e. The number of benzene rings is 7. The number of rotatable bonds is 10. The standard InChI is InChI=1S/C58H44N6S2/c1-37-38(2)60-56-54(44-31-27-42(28-32-44)50-34-36-52(66-50)64(47-21-13-7-14-22-47)48-23-15-8-16-24-48)58-57(61-39(3)40(4)62-58)53(55(56)59-37)43-29-25-41(26-30-43)49-33-35-51(65-49)63(45-17-9-5-10-18-45)46-19-11-6-12-20-46/h5-36H,1-4H3. The van der Waals surface area contributed by atoms with E-state index in [0.29, 0.717) is 0 Å². The maximum atomic E-state index is 5.30. The van der Waals surface area contributed by atoms with Crippen molar-refractivity contribution in [3.05, 3.63) is 217 Å². The number of anilines is 6. The number of fused-ring (bicyclic) bond motifs is 2. The lowest BCUT2D eigenvalue weighted by molar-refractivity contribution is 1.09. The Morgan fingerprint density at radius 1 is 0.288 bits per heavy atom. The van der Waals surface area contributed by atoms with Gasteiger partial charge in [-0.1, -0.05) is 121 Å². The Bertz CT molecular complexity index is 3110. The lowest BCUT2D eigenvalue weighted by Gasteiger charge is -2.23. The Morgan fingerprint density at radius 2 is 0.545 bits per heavy atom. The van der Waals surface area contributed by atoms with Crippen molar-refractivity contribution in [1.82, 2.24) is 19.9 Å². The molecule has 8 heteroatoms. The summed E-state index contributed by atoms with van der Waals surface area (Å²) in [4.78, 5) is 28.2. The van der Waals surface area contributed by atoms with E-state index >= 15 is 0 Å². The summed E-state index contributed by atoms with van der Waals surface area (Å²) in [6.07, 6.45) is 0. The second-order valence-electron chi connectivity index (χ2n) is 16.4. The van der Waals surface area contributed by atoms with Gasteiger partial charge in [0.1, 0.15) is 10.0 Å². The third-order valence-corrected chi connectivity index (χ3v) is 14.4. The topological polar surface area (TPSA) is 58.0 Å². The quantitative estimate of drug-likeness (QED) is 0.128. The van der Waals surface area contributed by atoms with Gasteiger partial charge >= 0.3 is 0 Å². The first kappa shape index (κ1) is 41.0. The summed E-state index contributed by atoms with van der Waals surface area (Å²) in [5.74, 6) is 0. The van der Waals surface area contributed by atoms with E-state index in [4.69, 9.17) is 19.9 Å². The van der Waals surface area contributed by atoms with Crippen LogP contribution < -0.4 is 9.80 Å². The van der Waals surface area contributed by atoms with Crippen LogP contribution >= 0.6 is 22.7 Å². The van der Waals surface area contributed by atoms with Gasteiger partial charge in [-0.3, -0.25) is 0 Å². The summed E-state index contributed by atoms with van der Waals surface area (Å²) in [5, 5.41) is 2.29. The molecule has 4 aromatic heterocycles. The maximum absolute atomic E-state index is 5.30. The molecule has 0 bridgehead atoms. The Kier molecular flexibility index (Phi) is 10.7. The van der Waals surface area contributed by atoms with Gasteiger partial charge in [0, 0.05) is 43.6 Å². The maximum Gasteiger partial charge on any atom is 0.101 e. The second-order valence-corrected chi connectivity index (χ2v) is 18.5. The molecule has 0 aliphatic heterocycles. The number of nitrogens with zero attached hydrogens (tertiary/aromatic N) is 6. The fourth-order valence-corrected chi connectivity index (χ4v) is 10.7. The minimum absolute atomic E-state index is 0.819. The van der Waals surface area contributed by atoms with Crippen LogP contribution in [0, 0.1) is 27.7 Å². The molecule has 11 aromatic rings. The lowest BCUT2D eigenvalue weighted by atomic mass is 9.93. The summed E-state index contributed by atoms with van der Waals surface area (Å²) in [6, 6.07) is 68.6. The van der Waals surface area contributed by atoms with Crippen molar-refractivity contribution in [2.75, 3.05) is 9.80 Å². The molecule has 0 N–H and O–H groups in total. The highest BCUT2D eigenvalue weighted by Gasteiger charge is 2.24. The third-order valence-electron chi connectivity index (χ3n) is 12.2. The third kappa shape index (κ3) is 7.60. The van der Waals surface area contributed by atoms with Crippen LogP contribution in [-0.2, 0) is 0 Å². The van der Waals surface area contributed by atoms with Crippen LogP contribution in [0.3, 0.4) is 0 Å². The van der Waals surface area contributed by atoms with E-state index in [1.807, 2.05) is 27.7 Å². The largest absolute Gasteiger partial charge is 0.302 e. The Balaban J connectivity index is 0.983. The summed E-state index contributed by atoms with van der Waals surface area (Å²) >= 11 is 3.55. The molecule has 0 atom stereocenters. The number of hydrogen-bond donors (Lipinski definition) is 0. The average molecular weight is 889 g/mol. The van der Waals surface area contributed by atoms with Gasteiger partial charge in [0.15, 0.2) is 0 Å². The summed E-state index contributed by atoms with van der Waals surface area (Å²) in [7, 11) is 0. The highest BCUT2D eigenvalue weighted by Crippen LogP contribution is 2.46. The molecule has 0 saturated heterocycles. The molecular formula is C58H44N6S2. The van der Waals surface area contributed by atoms with Gasteiger partial charge in [0.25, 0.3) is 0 Å². The zero-order valence-corrected chi connectivity index (χ0v) is 38.6. The molecule has 0 radical (unpaired) electrons. The zero-order chi connectivity index (χ0) is 44.7. The first-order valence-corrected chi connectivity index (χ1v) is 23.7. The smallest absolute Gasteiger partial charge is 0.101 e. The van der Waals surface area contributed by atoms with Gasteiger partial charge in [-0.25, -0.2) is 19.9 Å². The van der Waals surface area contributed by atoms with E-state index in [-0.39, 0.29) is 0 Å². The predicted octanol–water partition coefficient (Wildman–Crippen LogP) is 16.5. The van der Waals surface area contributed by atoms with Gasteiger partial charge < -0.3 is 9.80 Å². The first-order valence-electron chi connectivity index (χ1n) is 22.1. The Labute approximate surface area is 392 Å². The molecule has 0 aliphatic rings. The van der Waals surface area contributed by atoms with Gasteiger partial charge in [-0.15, -0.1) is 22.7 Å². The minimum atomic E-state index is 0.819. The molecule has 0 saturated carbocycles. The first-order chi connectivity index (χ1) is 32.4. The summed E-state index contributed by atoms with van der Waals surface area (Å²) in [6.45, 7) is 8.14. The van der Waals surface area contributed by atoms with E-state index in [0.717, 1.165) is 111 Å². The van der Waals surface area contributed by atoms with Crippen LogP contribution in [0.4, 0.5) is 32.8 Å². The van der Waals surface area contributed by atoms with Crippen molar-refractivity contribution < 1.29 is 0 Å². The van der Waals surface area contributed by atoms with Crippen molar-refractivity contribution in [3.63, 3.8) is 0 Å². The monoisotopic (exact) mass is 888 g/mol. The fraction of sp³-hybridized carbons (Fsp3) is 0.0690. The van der Waals surface area contributed by atoms with Crippen molar-refractivity contribution in [2.24, 2.45) is 0 Å². The molecular weight excluding hydrogens is 845 g/mol. The van der Waals surface area contributed by atoms with Gasteiger partial charge in [-0.05, 0) is 123 Å². The molecule has 0 spiro atoms. The van der Waals surface area contributed by atoms with Crippen molar-refractivity contribution >= 4 is 77.5 Å². The van der Waals surface area contributed by atoms with Crippen LogP contribution in [0.5, 0.6) is 0 Å². The lowest BCUT2D eigenvalue weighted by Crippen LogP contribution is -2.07. The molecule has 0 aliphatic carbocycles. The SMILES string of the molecule is Cc1nc2c(-c3ccc(-c4ccc(N(c5ccccc5)c5ccccc5)s4)cc3)c3nc(C)c(C)nc3c(-c3ccc(-c4ccc(N(c5ccccc5)c5ccccc5)s4)cc3)c2nc1C. The number of thiophene rings is 2. The summed E-state index contributed by atoms with van der Waals surface area (Å²) < 4.78 is 0. The van der Waals surface area contributed by atoms with Gasteiger partial charge in [0.05, 0.1) is 44.8 Å². The van der Waals surface area contributed by atoms with Crippen LogP contribution in [0.2, 0.25) is 0 Å². The van der Waals surface area contributed by atoms with Crippen LogP contribution in [0.25, 0.3) is 65.2 Å². The molecule has 318 valence electrons. The summed E-state index contributed by atoms with van der Waals surface area (Å²) in [5.41, 5.74) is 17.5. The van der Waals surface area contributed by atoms with Crippen molar-refractivity contribution in [1.29, 1.82) is 0 Å². The van der Waals surface area contributed by atoms with Gasteiger partial charge in [-0.2, -0.15) is 0 Å². The molecule has 0 unspecified atom stereocenters. The van der Waals surface area contributed by atoms with Crippen LogP contribution in [0.15, 0.2) is 194 Å². The zero-order valence-electron chi connectivity index (χ0n) is 37.0. The highest BCUT2D eigenvalue weighted by atomic mass is 32.1. The molecule has 4 heterocycles. The van der Waals surface area contributed by atoms with Crippen LogP contribution in [-0.4, -0.2) is 19.9 Å². The Morgan fingerprint density at radius 3 is 0.818 bits per heavy atom. The molecule has 6 nitrogen and oxygen atoms in total. The molecule has 0 fully saturated rings. The molecule has 7 aromatic carbocycles. The van der Waals surface area contributed by atoms with Crippen molar-refractivity contribution in [2.45, 2.75) is 27.7 Å². The van der Waals surface area contributed by atoms with E-state index < -0.39 is 0 Å². The van der Waals surface area contributed by atoms with E-state index in [1.54, 1.807) is 22.7 Å². The number of para-hydroxylation sites is 4. The molecule has 0 amide bonds. The van der Waals surface area contributed by atoms with E-state index in [1.165, 1.54) is 9.75 Å². The van der Waals surface area contributed by atoms with Crippen LogP contribution in [0.1, 0.15) is 22.8 Å². The van der Waals surface area contributed by atoms with Gasteiger partial charge in [0.2, 0.25) is 0 Å². The predicted molar refractivity (Wildman–Crippen MR) is 278 cm³/mol. The second kappa shape index (κ2) is 17.3. The fourth-order valence-electron chi connectivity index (χ4n) is 8.60. The number of aromatic nitrogens is 4. The van der Waals surface area contributed by atoms with Crippen molar-refractivity contribution in [3.8, 4) is 43.1 Å². The molecule has 11 rings (SSSR count). The van der Waals surface area contributed by atoms with E-state index in [9.17, 15) is 0 Å². The Hall–Kier alpha value is -7.78.